The van der Waals surface area contributed by atoms with E-state index in [0.717, 1.165) is 16.9 Å². The lowest BCUT2D eigenvalue weighted by Gasteiger charge is -2.22. The second-order valence-electron chi connectivity index (χ2n) is 6.01. The van der Waals surface area contributed by atoms with E-state index in [-0.39, 0.29) is 0 Å². The van der Waals surface area contributed by atoms with E-state index in [9.17, 15) is 0 Å². The number of fused-ring (bicyclic) bond motifs is 1. The smallest absolute Gasteiger partial charge is 0.0323 e. The third-order valence-corrected chi connectivity index (χ3v) is 4.70. The van der Waals surface area contributed by atoms with Gasteiger partial charge in [0.05, 0.1) is 0 Å². The van der Waals surface area contributed by atoms with Crippen molar-refractivity contribution in [1.29, 1.82) is 0 Å². The molecule has 0 aromatic heterocycles. The van der Waals surface area contributed by atoms with Crippen LogP contribution in [-0.2, 0) is 0 Å². The average molecular weight is 348 g/mol. The lowest BCUT2D eigenvalue weighted by molar-refractivity contribution is 0.402. The average Bonchev–Trinajstić information content (AvgIpc) is 2.50. The first-order valence-electron chi connectivity index (χ1n) is 8.06. The van der Waals surface area contributed by atoms with E-state index < -0.39 is 0 Å². The number of halogens is 1. The molecule has 1 N–H and O–H groups in total. The number of nitrogens with one attached hydrogen (secondary N) is 1. The Bertz CT molecular complexity index is 579. The second kappa shape index (κ2) is 7.95. The zero-order chi connectivity index (χ0) is 15.2. The molecule has 0 saturated heterocycles. The van der Waals surface area contributed by atoms with Crippen molar-refractivity contribution in [3.63, 3.8) is 0 Å². The molecule has 0 aliphatic rings. The van der Waals surface area contributed by atoms with Gasteiger partial charge in [-0.1, -0.05) is 61.3 Å². The summed E-state index contributed by atoms with van der Waals surface area (Å²) in [7, 11) is 0. The Balaban J connectivity index is 2.27. The number of hydrogen-bond donors (Lipinski definition) is 1. The van der Waals surface area contributed by atoms with Gasteiger partial charge in [0.2, 0.25) is 0 Å². The predicted octanol–water partition coefficient (Wildman–Crippen LogP) is 6.08. The maximum absolute atomic E-state index is 3.72. The molecule has 0 fully saturated rings. The van der Waals surface area contributed by atoms with Gasteiger partial charge in [0.1, 0.15) is 0 Å². The quantitative estimate of drug-likeness (QED) is 0.639. The van der Waals surface area contributed by atoms with E-state index in [1.54, 1.807) is 0 Å². The van der Waals surface area contributed by atoms with Crippen molar-refractivity contribution in [3.05, 3.63) is 46.4 Å². The van der Waals surface area contributed by atoms with Gasteiger partial charge in [-0.05, 0) is 59.8 Å². The van der Waals surface area contributed by atoms with Crippen LogP contribution in [0.2, 0.25) is 0 Å². The first kappa shape index (κ1) is 16.5. The van der Waals surface area contributed by atoms with Crippen molar-refractivity contribution >= 4 is 26.7 Å². The summed E-state index contributed by atoms with van der Waals surface area (Å²) in [6.07, 6.45) is 3.63. The Morgan fingerprint density at radius 2 is 1.76 bits per heavy atom. The van der Waals surface area contributed by atoms with Crippen LogP contribution in [-0.4, -0.2) is 6.54 Å². The van der Waals surface area contributed by atoms with Crippen LogP contribution in [0.15, 0.2) is 40.9 Å². The minimum atomic E-state index is 0.466. The van der Waals surface area contributed by atoms with Gasteiger partial charge in [-0.15, -0.1) is 0 Å². The second-order valence-corrected chi connectivity index (χ2v) is 6.92. The summed E-state index contributed by atoms with van der Waals surface area (Å²) in [4.78, 5) is 0. The standard InChI is InChI=1S/C19H26BrN/c1-4-10-21-19(11-14(3)5-2)17-7-6-16-13-18(20)9-8-15(16)12-17/h6-9,12-14,19,21H,4-5,10-11H2,1-3H3. The number of rotatable bonds is 7. The van der Waals surface area contributed by atoms with E-state index >= 15 is 0 Å². The highest BCUT2D eigenvalue weighted by Gasteiger charge is 2.14. The Morgan fingerprint density at radius 1 is 1.05 bits per heavy atom. The molecule has 0 radical (unpaired) electrons. The van der Waals surface area contributed by atoms with Crippen molar-refractivity contribution in [3.8, 4) is 0 Å². The fourth-order valence-electron chi connectivity index (χ4n) is 2.68. The topological polar surface area (TPSA) is 12.0 Å². The van der Waals surface area contributed by atoms with E-state index in [0.29, 0.717) is 6.04 Å². The molecule has 2 heteroatoms. The van der Waals surface area contributed by atoms with Crippen molar-refractivity contribution in [2.45, 2.75) is 46.1 Å². The van der Waals surface area contributed by atoms with Crippen molar-refractivity contribution in [1.82, 2.24) is 5.32 Å². The minimum Gasteiger partial charge on any atom is -0.310 e. The summed E-state index contributed by atoms with van der Waals surface area (Å²) in [6, 6.07) is 13.8. The summed E-state index contributed by atoms with van der Waals surface area (Å²) in [5.41, 5.74) is 1.42. The molecular weight excluding hydrogens is 322 g/mol. The molecule has 0 saturated carbocycles. The molecule has 2 atom stereocenters. The Labute approximate surface area is 137 Å². The third-order valence-electron chi connectivity index (χ3n) is 4.20. The Hall–Kier alpha value is -0.860. The molecule has 0 heterocycles. The maximum Gasteiger partial charge on any atom is 0.0323 e. The zero-order valence-corrected chi connectivity index (χ0v) is 14.9. The molecule has 2 aromatic rings. The molecule has 0 spiro atoms. The summed E-state index contributed by atoms with van der Waals surface area (Å²) < 4.78 is 1.14. The van der Waals surface area contributed by atoms with Gasteiger partial charge >= 0.3 is 0 Å². The van der Waals surface area contributed by atoms with Crippen LogP contribution in [0.4, 0.5) is 0 Å². The molecule has 21 heavy (non-hydrogen) atoms. The fraction of sp³-hybridized carbons (Fsp3) is 0.474. The minimum absolute atomic E-state index is 0.466. The van der Waals surface area contributed by atoms with Gasteiger partial charge in [-0.2, -0.15) is 0 Å². The van der Waals surface area contributed by atoms with Crippen molar-refractivity contribution < 1.29 is 0 Å². The van der Waals surface area contributed by atoms with Gasteiger partial charge in [-0.3, -0.25) is 0 Å². The monoisotopic (exact) mass is 347 g/mol. The van der Waals surface area contributed by atoms with Crippen LogP contribution in [0, 0.1) is 5.92 Å². The SMILES string of the molecule is CCCNC(CC(C)CC)c1ccc2cc(Br)ccc2c1. The molecule has 1 nitrogen and oxygen atoms in total. The Kier molecular flexibility index (Phi) is 6.25. The highest BCUT2D eigenvalue weighted by atomic mass is 79.9. The summed E-state index contributed by atoms with van der Waals surface area (Å²) in [5.74, 6) is 0.750. The van der Waals surface area contributed by atoms with E-state index in [1.807, 2.05) is 0 Å². The fourth-order valence-corrected chi connectivity index (χ4v) is 3.06. The van der Waals surface area contributed by atoms with Crippen LogP contribution in [0.25, 0.3) is 10.8 Å². The maximum atomic E-state index is 3.72. The molecule has 2 rings (SSSR count). The first-order chi connectivity index (χ1) is 10.1. The van der Waals surface area contributed by atoms with Crippen LogP contribution in [0.1, 0.15) is 51.6 Å². The molecule has 0 bridgehead atoms. The van der Waals surface area contributed by atoms with Crippen LogP contribution in [0.5, 0.6) is 0 Å². The molecule has 0 aliphatic carbocycles. The Morgan fingerprint density at radius 3 is 2.48 bits per heavy atom. The molecule has 0 aliphatic heterocycles. The van der Waals surface area contributed by atoms with Crippen molar-refractivity contribution in [2.75, 3.05) is 6.54 Å². The summed E-state index contributed by atoms with van der Waals surface area (Å²) in [6.45, 7) is 7.93. The van der Waals surface area contributed by atoms with Crippen LogP contribution in [0.3, 0.4) is 0 Å². The lowest BCUT2D eigenvalue weighted by atomic mass is 9.93. The van der Waals surface area contributed by atoms with Crippen molar-refractivity contribution in [2.24, 2.45) is 5.92 Å². The van der Waals surface area contributed by atoms with Gasteiger partial charge in [0, 0.05) is 10.5 Å². The molecule has 2 aromatic carbocycles. The van der Waals surface area contributed by atoms with Gasteiger partial charge in [0.25, 0.3) is 0 Å². The van der Waals surface area contributed by atoms with Crippen LogP contribution < -0.4 is 5.32 Å². The summed E-state index contributed by atoms with van der Waals surface area (Å²) >= 11 is 3.54. The molecule has 2 unspecified atom stereocenters. The van der Waals surface area contributed by atoms with Crippen LogP contribution >= 0.6 is 15.9 Å². The lowest BCUT2D eigenvalue weighted by Crippen LogP contribution is -2.24. The molecular formula is C19H26BrN. The highest BCUT2D eigenvalue weighted by molar-refractivity contribution is 9.10. The zero-order valence-electron chi connectivity index (χ0n) is 13.3. The third kappa shape index (κ3) is 4.55. The first-order valence-corrected chi connectivity index (χ1v) is 8.86. The largest absolute Gasteiger partial charge is 0.310 e. The van der Waals surface area contributed by atoms with E-state index in [1.165, 1.54) is 35.6 Å². The summed E-state index contributed by atoms with van der Waals surface area (Å²) in [5, 5.41) is 6.34. The van der Waals surface area contributed by atoms with E-state index in [2.05, 4.69) is 78.4 Å². The van der Waals surface area contributed by atoms with E-state index in [4.69, 9.17) is 0 Å². The highest BCUT2D eigenvalue weighted by Crippen LogP contribution is 2.27. The molecule has 114 valence electrons. The van der Waals surface area contributed by atoms with Gasteiger partial charge in [0.15, 0.2) is 0 Å². The number of benzene rings is 2. The predicted molar refractivity (Wildman–Crippen MR) is 96.8 cm³/mol. The normalized spacial score (nSPS) is 14.3. The van der Waals surface area contributed by atoms with Gasteiger partial charge < -0.3 is 5.32 Å². The number of hydrogen-bond acceptors (Lipinski definition) is 1. The van der Waals surface area contributed by atoms with Gasteiger partial charge in [-0.25, -0.2) is 0 Å². The molecule has 0 amide bonds.